The van der Waals surface area contributed by atoms with Crippen LogP contribution in [0.2, 0.25) is 0 Å². The lowest BCUT2D eigenvalue weighted by molar-refractivity contribution is 0.654. The molecule has 0 aliphatic heterocycles. The van der Waals surface area contributed by atoms with Crippen LogP contribution in [0.5, 0.6) is 0 Å². The molecule has 55 valence electrons. The van der Waals surface area contributed by atoms with Crippen LogP contribution >= 0.6 is 0 Å². The third kappa shape index (κ3) is 7.92. The van der Waals surface area contributed by atoms with E-state index in [1.54, 1.807) is 0 Å². The standard InChI is InChI=1S/C7H17N2/c1-3-5-8-7-9-6-4-2/h7-9H,3-6H2,1-2H3. The van der Waals surface area contributed by atoms with Crippen molar-refractivity contribution in [2.24, 2.45) is 0 Å². The van der Waals surface area contributed by atoms with Gasteiger partial charge in [0.2, 0.25) is 0 Å². The highest BCUT2D eigenvalue weighted by Gasteiger charge is 1.81. The lowest BCUT2D eigenvalue weighted by Crippen LogP contribution is -2.23. The van der Waals surface area contributed by atoms with E-state index >= 15 is 0 Å². The average molecular weight is 129 g/mol. The quantitative estimate of drug-likeness (QED) is 0.525. The van der Waals surface area contributed by atoms with Gasteiger partial charge in [0.05, 0.1) is 6.67 Å². The third-order valence-corrected chi connectivity index (χ3v) is 0.993. The van der Waals surface area contributed by atoms with Crippen molar-refractivity contribution in [1.82, 2.24) is 10.6 Å². The van der Waals surface area contributed by atoms with Gasteiger partial charge < -0.3 is 0 Å². The predicted molar refractivity (Wildman–Crippen MR) is 40.9 cm³/mol. The first-order valence-electron chi connectivity index (χ1n) is 3.70. The van der Waals surface area contributed by atoms with Gasteiger partial charge in [-0.25, -0.2) is 0 Å². The van der Waals surface area contributed by atoms with Gasteiger partial charge >= 0.3 is 0 Å². The molecule has 2 nitrogen and oxygen atoms in total. The van der Waals surface area contributed by atoms with E-state index in [9.17, 15) is 0 Å². The van der Waals surface area contributed by atoms with Gasteiger partial charge in [0.1, 0.15) is 0 Å². The highest BCUT2D eigenvalue weighted by Crippen LogP contribution is 1.72. The second-order valence-electron chi connectivity index (χ2n) is 2.05. The fraction of sp³-hybridized carbons (Fsp3) is 0.857. The molecule has 0 atom stereocenters. The molecule has 0 heterocycles. The van der Waals surface area contributed by atoms with E-state index in [1.807, 2.05) is 6.67 Å². The van der Waals surface area contributed by atoms with Crippen molar-refractivity contribution in [2.75, 3.05) is 13.1 Å². The Morgan fingerprint density at radius 2 is 1.44 bits per heavy atom. The van der Waals surface area contributed by atoms with E-state index in [0.29, 0.717) is 0 Å². The first-order chi connectivity index (χ1) is 4.41. The van der Waals surface area contributed by atoms with Crippen LogP contribution in [-0.4, -0.2) is 13.1 Å². The van der Waals surface area contributed by atoms with Gasteiger partial charge in [-0.3, -0.25) is 10.6 Å². The fourth-order valence-electron chi connectivity index (χ4n) is 0.505. The summed E-state index contributed by atoms with van der Waals surface area (Å²) in [7, 11) is 0. The minimum Gasteiger partial charge on any atom is -0.299 e. The molecule has 0 bridgehead atoms. The van der Waals surface area contributed by atoms with Crippen LogP contribution in [0.4, 0.5) is 0 Å². The van der Waals surface area contributed by atoms with Crippen molar-refractivity contribution < 1.29 is 0 Å². The van der Waals surface area contributed by atoms with Crippen LogP contribution in [0.25, 0.3) is 0 Å². The van der Waals surface area contributed by atoms with Crippen LogP contribution in [0.15, 0.2) is 0 Å². The summed E-state index contributed by atoms with van der Waals surface area (Å²) in [6.07, 6.45) is 2.37. The lowest BCUT2D eigenvalue weighted by atomic mass is 10.5. The largest absolute Gasteiger partial charge is 0.299 e. The molecular formula is C7H17N2. The molecule has 0 aromatic carbocycles. The number of nitrogens with one attached hydrogen (secondary N) is 2. The van der Waals surface area contributed by atoms with Crippen LogP contribution in [0.1, 0.15) is 26.7 Å². The molecule has 0 saturated heterocycles. The highest BCUT2D eigenvalue weighted by atomic mass is 15.0. The predicted octanol–water partition coefficient (Wildman–Crippen LogP) is 1.10. The molecule has 0 aromatic rings. The van der Waals surface area contributed by atoms with E-state index in [2.05, 4.69) is 24.5 Å². The summed E-state index contributed by atoms with van der Waals surface area (Å²) in [5.41, 5.74) is 0. The summed E-state index contributed by atoms with van der Waals surface area (Å²) in [6, 6.07) is 0. The molecule has 0 rings (SSSR count). The average Bonchev–Trinajstić information content (AvgIpc) is 1.89. The molecule has 0 aliphatic carbocycles. The second-order valence-corrected chi connectivity index (χ2v) is 2.05. The Morgan fingerprint density at radius 3 is 1.78 bits per heavy atom. The molecule has 1 radical (unpaired) electrons. The van der Waals surface area contributed by atoms with E-state index in [-0.39, 0.29) is 0 Å². The Bertz CT molecular complexity index is 40.2. The van der Waals surface area contributed by atoms with Gasteiger partial charge in [0, 0.05) is 0 Å². The Kier molecular flexibility index (Phi) is 7.85. The molecule has 9 heavy (non-hydrogen) atoms. The summed E-state index contributed by atoms with van der Waals surface area (Å²) in [5, 5.41) is 6.27. The van der Waals surface area contributed by atoms with Crippen LogP contribution in [0.3, 0.4) is 0 Å². The topological polar surface area (TPSA) is 24.1 Å². The number of rotatable bonds is 6. The Morgan fingerprint density at radius 1 is 1.00 bits per heavy atom. The minimum atomic E-state index is 1.07. The van der Waals surface area contributed by atoms with Crippen LogP contribution < -0.4 is 10.6 Å². The van der Waals surface area contributed by atoms with Gasteiger partial charge in [-0.1, -0.05) is 13.8 Å². The first-order valence-corrected chi connectivity index (χ1v) is 3.70. The maximum absolute atomic E-state index is 3.13. The van der Waals surface area contributed by atoms with Crippen LogP contribution in [0, 0.1) is 6.67 Å². The summed E-state index contributed by atoms with van der Waals surface area (Å²) < 4.78 is 0. The zero-order chi connectivity index (χ0) is 6.95. The van der Waals surface area contributed by atoms with Gasteiger partial charge in [-0.2, -0.15) is 0 Å². The minimum absolute atomic E-state index is 1.07. The fourth-order valence-corrected chi connectivity index (χ4v) is 0.505. The number of hydrogen-bond donors (Lipinski definition) is 2. The third-order valence-electron chi connectivity index (χ3n) is 0.993. The zero-order valence-electron chi connectivity index (χ0n) is 6.41. The molecule has 0 fully saturated rings. The smallest absolute Gasteiger partial charge is 0.0866 e. The molecule has 2 N–H and O–H groups in total. The Hall–Kier alpha value is -0.0800. The van der Waals surface area contributed by atoms with Gasteiger partial charge in [0.25, 0.3) is 0 Å². The van der Waals surface area contributed by atoms with Gasteiger partial charge in [0.15, 0.2) is 0 Å². The normalized spacial score (nSPS) is 10.0. The Balaban J connectivity index is 2.60. The summed E-state index contributed by atoms with van der Waals surface area (Å²) in [5.74, 6) is 0. The molecule has 0 aromatic heterocycles. The van der Waals surface area contributed by atoms with Crippen molar-refractivity contribution in [3.63, 3.8) is 0 Å². The highest BCUT2D eigenvalue weighted by molar-refractivity contribution is 4.56. The van der Waals surface area contributed by atoms with Gasteiger partial charge in [-0.15, -0.1) is 0 Å². The Labute approximate surface area is 58.0 Å². The summed E-state index contributed by atoms with van der Waals surface area (Å²) in [6.45, 7) is 8.36. The maximum atomic E-state index is 3.13. The molecular weight excluding hydrogens is 112 g/mol. The number of hydrogen-bond acceptors (Lipinski definition) is 2. The van der Waals surface area contributed by atoms with E-state index in [1.165, 1.54) is 12.8 Å². The van der Waals surface area contributed by atoms with E-state index in [0.717, 1.165) is 13.1 Å². The monoisotopic (exact) mass is 129 g/mol. The van der Waals surface area contributed by atoms with Gasteiger partial charge in [-0.05, 0) is 25.9 Å². The second kappa shape index (κ2) is 7.92. The molecule has 0 aliphatic rings. The summed E-state index contributed by atoms with van der Waals surface area (Å²) >= 11 is 0. The van der Waals surface area contributed by atoms with Crippen molar-refractivity contribution in [3.05, 3.63) is 6.67 Å². The van der Waals surface area contributed by atoms with E-state index in [4.69, 9.17) is 0 Å². The van der Waals surface area contributed by atoms with Crippen LogP contribution in [-0.2, 0) is 0 Å². The van der Waals surface area contributed by atoms with Crippen molar-refractivity contribution in [2.45, 2.75) is 26.7 Å². The molecule has 2 heteroatoms. The molecule has 0 amide bonds. The van der Waals surface area contributed by atoms with Crippen molar-refractivity contribution in [1.29, 1.82) is 0 Å². The maximum Gasteiger partial charge on any atom is 0.0866 e. The SMILES string of the molecule is CCCN[CH]NCCC. The van der Waals surface area contributed by atoms with E-state index < -0.39 is 0 Å². The zero-order valence-corrected chi connectivity index (χ0v) is 6.41. The molecule has 0 saturated carbocycles. The molecule has 0 unspecified atom stereocenters. The first kappa shape index (κ1) is 8.92. The van der Waals surface area contributed by atoms with Crippen molar-refractivity contribution >= 4 is 0 Å². The molecule has 0 spiro atoms. The van der Waals surface area contributed by atoms with Crippen molar-refractivity contribution in [3.8, 4) is 0 Å². The summed E-state index contributed by atoms with van der Waals surface area (Å²) in [4.78, 5) is 0. The lowest BCUT2D eigenvalue weighted by Gasteiger charge is -2.01.